The van der Waals surface area contributed by atoms with E-state index in [1.807, 2.05) is 12.1 Å². The van der Waals surface area contributed by atoms with Crippen molar-refractivity contribution >= 4 is 23.2 Å². The van der Waals surface area contributed by atoms with Crippen LogP contribution < -0.4 is 5.32 Å². The first kappa shape index (κ1) is 13.9. The molecule has 4 nitrogen and oxygen atoms in total. The minimum Gasteiger partial charge on any atom is -0.325 e. The largest absolute Gasteiger partial charge is 0.325 e. The molecule has 0 bridgehead atoms. The molecule has 0 radical (unpaired) electrons. The zero-order valence-corrected chi connectivity index (χ0v) is 12.3. The molecule has 2 heterocycles. The molecule has 0 aliphatic carbocycles. The fraction of sp³-hybridized carbons (Fsp3) is 0.533. The number of nitrogens with zero attached hydrogens (tertiary/aromatic N) is 2. The highest BCUT2D eigenvalue weighted by Crippen LogP contribution is 2.21. The molecule has 0 aromatic heterocycles. The van der Waals surface area contributed by atoms with Crippen molar-refractivity contribution in [3.8, 4) is 0 Å². The van der Waals surface area contributed by atoms with Crippen LogP contribution in [-0.4, -0.2) is 54.5 Å². The molecular weight excluding hydrogens is 274 g/mol. The summed E-state index contributed by atoms with van der Waals surface area (Å²) in [5.74, 6) is 0.0544. The second-order valence-electron chi connectivity index (χ2n) is 5.62. The quantitative estimate of drug-likeness (QED) is 0.926. The molecule has 2 aliphatic heterocycles. The molecule has 0 saturated carbocycles. The lowest BCUT2D eigenvalue weighted by atomic mass is 10.1. The predicted molar refractivity (Wildman–Crippen MR) is 81.1 cm³/mol. The van der Waals surface area contributed by atoms with Crippen molar-refractivity contribution in [2.75, 3.05) is 38.0 Å². The Morgan fingerprint density at radius 2 is 2.05 bits per heavy atom. The molecule has 1 amide bonds. The molecule has 1 N–H and O–H groups in total. The van der Waals surface area contributed by atoms with E-state index in [2.05, 4.69) is 15.1 Å². The molecule has 3 rings (SSSR count). The van der Waals surface area contributed by atoms with E-state index in [9.17, 15) is 4.79 Å². The Balaban J connectivity index is 1.50. The Morgan fingerprint density at radius 3 is 2.85 bits per heavy atom. The van der Waals surface area contributed by atoms with E-state index in [0.717, 1.165) is 25.3 Å². The highest BCUT2D eigenvalue weighted by atomic mass is 35.5. The van der Waals surface area contributed by atoms with Crippen molar-refractivity contribution in [3.63, 3.8) is 0 Å². The van der Waals surface area contributed by atoms with Gasteiger partial charge in [-0.25, -0.2) is 0 Å². The number of hydrogen-bond donors (Lipinski definition) is 1. The number of fused-ring (bicyclic) bond motifs is 1. The molecule has 2 fully saturated rings. The minimum absolute atomic E-state index is 0.0544. The Morgan fingerprint density at radius 1 is 1.25 bits per heavy atom. The molecule has 2 saturated heterocycles. The third-order valence-corrected chi connectivity index (χ3v) is 4.42. The average Bonchev–Trinajstić information content (AvgIpc) is 2.89. The molecule has 5 heteroatoms. The Hall–Kier alpha value is -1.10. The van der Waals surface area contributed by atoms with E-state index < -0.39 is 0 Å². The molecule has 1 aromatic carbocycles. The zero-order valence-electron chi connectivity index (χ0n) is 11.5. The third-order valence-electron chi connectivity index (χ3n) is 4.17. The van der Waals surface area contributed by atoms with E-state index in [-0.39, 0.29) is 5.91 Å². The van der Waals surface area contributed by atoms with Crippen LogP contribution in [0.25, 0.3) is 0 Å². The Bertz CT molecular complexity index is 477. The van der Waals surface area contributed by atoms with Gasteiger partial charge in [-0.2, -0.15) is 0 Å². The van der Waals surface area contributed by atoms with Crippen molar-refractivity contribution in [2.24, 2.45) is 0 Å². The number of amides is 1. The first-order valence-corrected chi connectivity index (χ1v) is 7.60. The number of nitrogens with one attached hydrogen (secondary N) is 1. The summed E-state index contributed by atoms with van der Waals surface area (Å²) in [6.07, 6.45) is 2.57. The second-order valence-corrected chi connectivity index (χ2v) is 6.06. The lowest BCUT2D eigenvalue weighted by Gasteiger charge is -2.37. The summed E-state index contributed by atoms with van der Waals surface area (Å²) in [5, 5.41) is 3.60. The number of rotatable bonds is 3. The molecule has 20 heavy (non-hydrogen) atoms. The van der Waals surface area contributed by atoms with Crippen LogP contribution in [0.1, 0.15) is 12.8 Å². The maximum Gasteiger partial charge on any atom is 0.238 e. The summed E-state index contributed by atoms with van der Waals surface area (Å²) in [6.45, 7) is 4.82. The maximum absolute atomic E-state index is 12.1. The molecule has 1 aromatic rings. The van der Waals surface area contributed by atoms with Gasteiger partial charge in [-0.1, -0.05) is 11.6 Å². The van der Waals surface area contributed by atoms with Crippen LogP contribution in [0.3, 0.4) is 0 Å². The zero-order chi connectivity index (χ0) is 13.9. The van der Waals surface area contributed by atoms with E-state index in [1.165, 1.54) is 19.4 Å². The average molecular weight is 294 g/mol. The van der Waals surface area contributed by atoms with Crippen LogP contribution in [-0.2, 0) is 4.79 Å². The van der Waals surface area contributed by atoms with E-state index in [4.69, 9.17) is 11.6 Å². The summed E-state index contributed by atoms with van der Waals surface area (Å²) >= 11 is 5.83. The third kappa shape index (κ3) is 3.32. The Kier molecular flexibility index (Phi) is 4.24. The van der Waals surface area contributed by atoms with Crippen molar-refractivity contribution in [3.05, 3.63) is 29.3 Å². The minimum atomic E-state index is 0.0544. The van der Waals surface area contributed by atoms with E-state index >= 15 is 0 Å². The van der Waals surface area contributed by atoms with E-state index in [0.29, 0.717) is 17.6 Å². The molecule has 0 spiro atoms. The fourth-order valence-electron chi connectivity index (χ4n) is 3.14. The number of carbonyl (C=O) groups excluding carboxylic acids is 1. The number of piperazine rings is 1. The van der Waals surface area contributed by atoms with Gasteiger partial charge in [0.2, 0.25) is 5.91 Å². The molecule has 108 valence electrons. The van der Waals surface area contributed by atoms with Gasteiger partial charge in [-0.3, -0.25) is 14.6 Å². The topological polar surface area (TPSA) is 35.6 Å². The number of carbonyl (C=O) groups is 1. The van der Waals surface area contributed by atoms with Crippen LogP contribution >= 0.6 is 11.6 Å². The first-order chi connectivity index (χ1) is 9.70. The fourth-order valence-corrected chi connectivity index (χ4v) is 3.26. The molecule has 1 unspecified atom stereocenters. The van der Waals surface area contributed by atoms with E-state index in [1.54, 1.807) is 12.1 Å². The summed E-state index contributed by atoms with van der Waals surface area (Å²) in [4.78, 5) is 16.9. The molecule has 2 aliphatic rings. The summed E-state index contributed by atoms with van der Waals surface area (Å²) in [6, 6.07) is 7.89. The number of anilines is 1. The van der Waals surface area contributed by atoms with Crippen molar-refractivity contribution in [1.82, 2.24) is 9.80 Å². The maximum atomic E-state index is 12.1. The molecule has 1 atom stereocenters. The highest BCUT2D eigenvalue weighted by molar-refractivity contribution is 6.30. The Labute approximate surface area is 124 Å². The van der Waals surface area contributed by atoms with Gasteiger partial charge in [0.15, 0.2) is 0 Å². The van der Waals surface area contributed by atoms with Gasteiger partial charge < -0.3 is 5.32 Å². The van der Waals surface area contributed by atoms with Crippen LogP contribution in [0.2, 0.25) is 5.02 Å². The highest BCUT2D eigenvalue weighted by Gasteiger charge is 2.30. The number of halogens is 1. The van der Waals surface area contributed by atoms with Crippen LogP contribution in [0, 0.1) is 0 Å². The summed E-state index contributed by atoms with van der Waals surface area (Å²) in [5.41, 5.74) is 0.805. The van der Waals surface area contributed by atoms with Gasteiger partial charge in [0.25, 0.3) is 0 Å². The lowest BCUT2D eigenvalue weighted by Crippen LogP contribution is -2.51. The van der Waals surface area contributed by atoms with Crippen LogP contribution in [0.4, 0.5) is 5.69 Å². The number of benzene rings is 1. The van der Waals surface area contributed by atoms with Crippen LogP contribution in [0.15, 0.2) is 24.3 Å². The normalized spacial score (nSPS) is 23.6. The smallest absolute Gasteiger partial charge is 0.238 e. The summed E-state index contributed by atoms with van der Waals surface area (Å²) < 4.78 is 0. The van der Waals surface area contributed by atoms with Crippen molar-refractivity contribution < 1.29 is 4.79 Å². The van der Waals surface area contributed by atoms with Gasteiger partial charge in [0.1, 0.15) is 0 Å². The van der Waals surface area contributed by atoms with Gasteiger partial charge in [0.05, 0.1) is 6.54 Å². The van der Waals surface area contributed by atoms with Crippen LogP contribution in [0.5, 0.6) is 0 Å². The van der Waals surface area contributed by atoms with Gasteiger partial charge in [-0.05, 0) is 43.7 Å². The SMILES string of the molecule is O=C(CN1CCN2CCCC2C1)Nc1ccc(Cl)cc1. The van der Waals surface area contributed by atoms with Gasteiger partial charge >= 0.3 is 0 Å². The lowest BCUT2D eigenvalue weighted by molar-refractivity contribution is -0.117. The monoisotopic (exact) mass is 293 g/mol. The molecular formula is C15H20ClN3O. The number of hydrogen-bond acceptors (Lipinski definition) is 3. The standard InChI is InChI=1S/C15H20ClN3O/c16-12-3-5-13(6-4-12)17-15(20)11-18-8-9-19-7-1-2-14(19)10-18/h3-6,14H,1-2,7-11H2,(H,17,20). The van der Waals surface area contributed by atoms with Crippen molar-refractivity contribution in [2.45, 2.75) is 18.9 Å². The van der Waals surface area contributed by atoms with Gasteiger partial charge in [0, 0.05) is 36.4 Å². The second kappa shape index (κ2) is 6.12. The van der Waals surface area contributed by atoms with Crippen molar-refractivity contribution in [1.29, 1.82) is 0 Å². The first-order valence-electron chi connectivity index (χ1n) is 7.22. The predicted octanol–water partition coefficient (Wildman–Crippen LogP) is 2.06. The summed E-state index contributed by atoms with van der Waals surface area (Å²) in [7, 11) is 0. The van der Waals surface area contributed by atoms with Gasteiger partial charge in [-0.15, -0.1) is 0 Å².